The molecule has 0 aliphatic carbocycles. The fourth-order valence-electron chi connectivity index (χ4n) is 1.39. The highest BCUT2D eigenvalue weighted by atomic mass is 35.5. The molecule has 3 nitrogen and oxygen atoms in total. The lowest BCUT2D eigenvalue weighted by molar-refractivity contribution is 0.219. The van der Waals surface area contributed by atoms with Crippen molar-refractivity contribution in [1.29, 1.82) is 0 Å². The molecule has 1 heterocycles. The van der Waals surface area contributed by atoms with Crippen molar-refractivity contribution in [3.8, 4) is 12.3 Å². The van der Waals surface area contributed by atoms with Crippen molar-refractivity contribution >= 4 is 12.4 Å². The number of nitrogens with two attached hydrogens (primary N) is 1. The van der Waals surface area contributed by atoms with E-state index in [4.69, 9.17) is 12.3 Å². The summed E-state index contributed by atoms with van der Waals surface area (Å²) in [4.78, 5) is 2.27. The van der Waals surface area contributed by atoms with Crippen molar-refractivity contribution in [1.82, 2.24) is 10.3 Å². The van der Waals surface area contributed by atoms with Crippen molar-refractivity contribution in [2.24, 2.45) is 5.84 Å². The zero-order chi connectivity index (χ0) is 8.10. The molecule has 0 aromatic rings. The minimum atomic E-state index is 0. The molecule has 0 amide bonds. The zero-order valence-electron chi connectivity index (χ0n) is 7.12. The summed E-state index contributed by atoms with van der Waals surface area (Å²) >= 11 is 0. The summed E-state index contributed by atoms with van der Waals surface area (Å²) in [5.41, 5.74) is 2.79. The van der Waals surface area contributed by atoms with Crippen LogP contribution in [0.4, 0.5) is 0 Å². The van der Waals surface area contributed by atoms with Crippen LogP contribution < -0.4 is 11.3 Å². The molecule has 70 valence electrons. The topological polar surface area (TPSA) is 41.3 Å². The number of hydrogen-bond donors (Lipinski definition) is 2. The maximum atomic E-state index is 5.31. The van der Waals surface area contributed by atoms with Crippen LogP contribution in [-0.4, -0.2) is 30.6 Å². The first-order valence-electron chi connectivity index (χ1n) is 3.98. The fourth-order valence-corrected chi connectivity index (χ4v) is 1.39. The van der Waals surface area contributed by atoms with E-state index >= 15 is 0 Å². The lowest BCUT2D eigenvalue weighted by atomic mass is 10.1. The first-order chi connectivity index (χ1) is 5.36. The highest BCUT2D eigenvalue weighted by Gasteiger charge is 2.16. The van der Waals surface area contributed by atoms with E-state index in [0.29, 0.717) is 6.04 Å². The monoisotopic (exact) mass is 189 g/mol. The molecule has 1 saturated heterocycles. The smallest absolute Gasteiger partial charge is 0.0598 e. The second-order valence-corrected chi connectivity index (χ2v) is 2.92. The van der Waals surface area contributed by atoms with Crippen molar-refractivity contribution in [2.45, 2.75) is 18.9 Å². The summed E-state index contributed by atoms with van der Waals surface area (Å²) < 4.78 is 0. The first kappa shape index (κ1) is 11.7. The summed E-state index contributed by atoms with van der Waals surface area (Å²) in [6, 6.07) is 0.490. The minimum absolute atomic E-state index is 0. The Bertz CT molecular complexity index is 147. The van der Waals surface area contributed by atoms with Crippen LogP contribution in [0.5, 0.6) is 0 Å². The third kappa shape index (κ3) is 3.42. The third-order valence-electron chi connectivity index (χ3n) is 2.14. The van der Waals surface area contributed by atoms with E-state index in [1.54, 1.807) is 0 Å². The molecule has 0 bridgehead atoms. The van der Waals surface area contributed by atoms with E-state index in [1.165, 1.54) is 0 Å². The van der Waals surface area contributed by atoms with Gasteiger partial charge in [0.05, 0.1) is 6.54 Å². The van der Waals surface area contributed by atoms with Crippen molar-refractivity contribution in [2.75, 3.05) is 19.6 Å². The number of hydrazine groups is 1. The Kier molecular flexibility index (Phi) is 6.13. The summed E-state index contributed by atoms with van der Waals surface area (Å²) in [5.74, 6) is 7.96. The average Bonchev–Trinajstić information content (AvgIpc) is 2.07. The number of terminal acetylenes is 1. The molecule has 1 rings (SSSR count). The van der Waals surface area contributed by atoms with E-state index in [0.717, 1.165) is 32.5 Å². The molecule has 1 aliphatic rings. The highest BCUT2D eigenvalue weighted by molar-refractivity contribution is 5.85. The zero-order valence-corrected chi connectivity index (χ0v) is 7.94. The molecule has 0 unspecified atom stereocenters. The molecule has 1 fully saturated rings. The van der Waals surface area contributed by atoms with Gasteiger partial charge in [0, 0.05) is 19.1 Å². The number of nitrogens with one attached hydrogen (secondary N) is 1. The van der Waals surface area contributed by atoms with Crippen LogP contribution in [0.25, 0.3) is 0 Å². The molecule has 0 spiro atoms. The maximum Gasteiger partial charge on any atom is 0.0598 e. The maximum absolute atomic E-state index is 5.31. The molecule has 0 atom stereocenters. The number of nitrogens with zero attached hydrogens (tertiary/aromatic N) is 1. The lowest BCUT2D eigenvalue weighted by Crippen LogP contribution is -2.45. The fraction of sp³-hybridized carbons (Fsp3) is 0.750. The molecule has 0 aromatic carbocycles. The lowest BCUT2D eigenvalue weighted by Gasteiger charge is -2.29. The van der Waals surface area contributed by atoms with Crippen molar-refractivity contribution < 1.29 is 0 Å². The summed E-state index contributed by atoms with van der Waals surface area (Å²) in [6.07, 6.45) is 7.41. The van der Waals surface area contributed by atoms with E-state index in [9.17, 15) is 0 Å². The quantitative estimate of drug-likeness (QED) is 0.364. The van der Waals surface area contributed by atoms with Gasteiger partial charge in [-0.1, -0.05) is 5.92 Å². The molecule has 3 N–H and O–H groups in total. The van der Waals surface area contributed by atoms with Gasteiger partial charge in [0.1, 0.15) is 0 Å². The number of halogens is 1. The van der Waals surface area contributed by atoms with Gasteiger partial charge in [-0.25, -0.2) is 0 Å². The van der Waals surface area contributed by atoms with Gasteiger partial charge in [-0.05, 0) is 12.8 Å². The summed E-state index contributed by atoms with van der Waals surface area (Å²) in [5, 5.41) is 0. The molecule has 1 aliphatic heterocycles. The van der Waals surface area contributed by atoms with E-state index in [1.807, 2.05) is 0 Å². The minimum Gasteiger partial charge on any atom is -0.292 e. The van der Waals surface area contributed by atoms with Gasteiger partial charge in [-0.15, -0.1) is 18.8 Å². The molecule has 4 heteroatoms. The number of rotatable bonds is 2. The molecule has 0 saturated carbocycles. The van der Waals surface area contributed by atoms with E-state index in [-0.39, 0.29) is 12.4 Å². The van der Waals surface area contributed by atoms with Crippen LogP contribution in [0.1, 0.15) is 12.8 Å². The second-order valence-electron chi connectivity index (χ2n) is 2.92. The van der Waals surface area contributed by atoms with Gasteiger partial charge in [0.15, 0.2) is 0 Å². The summed E-state index contributed by atoms with van der Waals surface area (Å²) in [6.45, 7) is 2.91. The summed E-state index contributed by atoms with van der Waals surface area (Å²) in [7, 11) is 0. The first-order valence-corrected chi connectivity index (χ1v) is 3.98. The normalized spacial score (nSPS) is 19.7. The van der Waals surface area contributed by atoms with Gasteiger partial charge in [-0.2, -0.15) is 0 Å². The Morgan fingerprint density at radius 2 is 2.08 bits per heavy atom. The van der Waals surface area contributed by atoms with Crippen LogP contribution in [-0.2, 0) is 0 Å². The van der Waals surface area contributed by atoms with Crippen molar-refractivity contribution in [3.63, 3.8) is 0 Å². The Balaban J connectivity index is 0.00000121. The SMILES string of the molecule is C#CCN1CCC(NN)CC1.Cl. The van der Waals surface area contributed by atoms with Crippen LogP contribution in [0.2, 0.25) is 0 Å². The predicted octanol–water partition coefficient (Wildman–Crippen LogP) is -0.0309. The molecular weight excluding hydrogens is 174 g/mol. The number of hydrogen-bond acceptors (Lipinski definition) is 3. The van der Waals surface area contributed by atoms with Crippen LogP contribution in [0.15, 0.2) is 0 Å². The van der Waals surface area contributed by atoms with Crippen LogP contribution in [0.3, 0.4) is 0 Å². The van der Waals surface area contributed by atoms with Gasteiger partial charge in [-0.3, -0.25) is 16.2 Å². The van der Waals surface area contributed by atoms with E-state index in [2.05, 4.69) is 16.2 Å². The number of piperidine rings is 1. The second kappa shape index (κ2) is 6.27. The Morgan fingerprint density at radius 3 is 2.50 bits per heavy atom. The molecule has 0 radical (unpaired) electrons. The molecule has 12 heavy (non-hydrogen) atoms. The Hall–Kier alpha value is -0.270. The van der Waals surface area contributed by atoms with E-state index < -0.39 is 0 Å². The van der Waals surface area contributed by atoms with Crippen LogP contribution >= 0.6 is 12.4 Å². The number of likely N-dealkylation sites (tertiary alicyclic amines) is 1. The van der Waals surface area contributed by atoms with Gasteiger partial charge in [0.2, 0.25) is 0 Å². The van der Waals surface area contributed by atoms with Gasteiger partial charge >= 0.3 is 0 Å². The third-order valence-corrected chi connectivity index (χ3v) is 2.14. The molecule has 0 aromatic heterocycles. The Morgan fingerprint density at radius 1 is 1.50 bits per heavy atom. The van der Waals surface area contributed by atoms with Crippen molar-refractivity contribution in [3.05, 3.63) is 0 Å². The van der Waals surface area contributed by atoms with Gasteiger partial charge in [0.25, 0.3) is 0 Å². The largest absolute Gasteiger partial charge is 0.292 e. The molecular formula is C8H16ClN3. The standard InChI is InChI=1S/C8H15N3.ClH/c1-2-5-11-6-3-8(10-9)4-7-11;/h1,8,10H,3-7,9H2;1H. The highest BCUT2D eigenvalue weighted by Crippen LogP contribution is 2.07. The Labute approximate surface area is 80.1 Å². The van der Waals surface area contributed by atoms with Crippen LogP contribution in [0, 0.1) is 12.3 Å². The average molecular weight is 190 g/mol. The predicted molar refractivity (Wildman–Crippen MR) is 52.9 cm³/mol. The van der Waals surface area contributed by atoms with Gasteiger partial charge < -0.3 is 0 Å².